The third-order valence-electron chi connectivity index (χ3n) is 6.20. The van der Waals surface area contributed by atoms with E-state index in [0.29, 0.717) is 12.3 Å². The second kappa shape index (κ2) is 7.69. The molecule has 3 aromatic rings. The van der Waals surface area contributed by atoms with E-state index in [9.17, 15) is 4.79 Å². The lowest BCUT2D eigenvalue weighted by Gasteiger charge is -2.38. The Labute approximate surface area is 169 Å². The van der Waals surface area contributed by atoms with Crippen LogP contribution in [0.25, 0.3) is 11.0 Å². The van der Waals surface area contributed by atoms with Crippen LogP contribution in [0.15, 0.2) is 57.6 Å². The minimum Gasteiger partial charge on any atom is -0.460 e. The maximum atomic E-state index is 12.0. The summed E-state index contributed by atoms with van der Waals surface area (Å²) in [5, 5.41) is 4.08. The van der Waals surface area contributed by atoms with Crippen molar-refractivity contribution in [3.63, 3.8) is 0 Å². The first-order chi connectivity index (χ1) is 14.2. The van der Waals surface area contributed by atoms with Crippen LogP contribution < -0.4 is 5.32 Å². The largest absolute Gasteiger partial charge is 0.460 e. The van der Waals surface area contributed by atoms with Crippen LogP contribution in [0.5, 0.6) is 0 Å². The maximum absolute atomic E-state index is 12.0. The molecule has 2 fully saturated rings. The molecule has 1 unspecified atom stereocenters. The van der Waals surface area contributed by atoms with Crippen molar-refractivity contribution < 1.29 is 18.4 Å². The van der Waals surface area contributed by atoms with Crippen molar-refractivity contribution in [2.45, 2.75) is 43.9 Å². The van der Waals surface area contributed by atoms with E-state index in [-0.39, 0.29) is 17.6 Å². The van der Waals surface area contributed by atoms with Crippen molar-refractivity contribution in [1.82, 2.24) is 10.2 Å². The van der Waals surface area contributed by atoms with E-state index >= 15 is 0 Å². The Morgan fingerprint density at radius 3 is 2.79 bits per heavy atom. The Morgan fingerprint density at radius 2 is 2.00 bits per heavy atom. The molecule has 152 valence electrons. The number of nitrogens with one attached hydrogen (secondary N) is 1. The lowest BCUT2D eigenvalue weighted by Crippen LogP contribution is -2.44. The molecule has 6 nitrogen and oxygen atoms in total. The number of rotatable bonds is 5. The Balaban J connectivity index is 1.11. The highest BCUT2D eigenvalue weighted by Crippen LogP contribution is 2.39. The lowest BCUT2D eigenvalue weighted by molar-refractivity contribution is -0.0770. The van der Waals surface area contributed by atoms with Gasteiger partial charge in [-0.05, 0) is 49.9 Å². The number of piperidine rings is 1. The van der Waals surface area contributed by atoms with E-state index in [2.05, 4.69) is 22.3 Å². The molecule has 2 aromatic heterocycles. The third kappa shape index (κ3) is 3.95. The molecule has 4 heterocycles. The van der Waals surface area contributed by atoms with Crippen LogP contribution in [0.2, 0.25) is 0 Å². The number of nitrogens with zero attached hydrogens (tertiary/aromatic N) is 1. The molecule has 2 aliphatic rings. The van der Waals surface area contributed by atoms with Gasteiger partial charge in [0.15, 0.2) is 5.76 Å². The van der Waals surface area contributed by atoms with Crippen molar-refractivity contribution in [1.29, 1.82) is 0 Å². The van der Waals surface area contributed by atoms with Gasteiger partial charge < -0.3 is 18.9 Å². The lowest BCUT2D eigenvalue weighted by atomic mass is 9.88. The number of furan rings is 2. The van der Waals surface area contributed by atoms with Gasteiger partial charge in [-0.15, -0.1) is 0 Å². The molecule has 6 heteroatoms. The fourth-order valence-corrected chi connectivity index (χ4v) is 4.56. The average Bonchev–Trinajstić information content (AvgIpc) is 3.48. The summed E-state index contributed by atoms with van der Waals surface area (Å²) in [6.45, 7) is 3.38. The second-order valence-electron chi connectivity index (χ2n) is 8.18. The maximum Gasteiger partial charge on any atom is 0.287 e. The van der Waals surface area contributed by atoms with Crippen LogP contribution in [0, 0.1) is 0 Å². The van der Waals surface area contributed by atoms with Crippen LogP contribution in [-0.4, -0.2) is 42.1 Å². The van der Waals surface area contributed by atoms with Crippen molar-refractivity contribution in [2.75, 3.05) is 19.6 Å². The van der Waals surface area contributed by atoms with Gasteiger partial charge in [0.2, 0.25) is 0 Å². The van der Waals surface area contributed by atoms with Crippen LogP contribution in [0.1, 0.15) is 42.0 Å². The van der Waals surface area contributed by atoms with E-state index < -0.39 is 0 Å². The molecule has 0 bridgehead atoms. The summed E-state index contributed by atoms with van der Waals surface area (Å²) in [5.74, 6) is 1.19. The number of fused-ring (bicyclic) bond motifs is 1. The van der Waals surface area contributed by atoms with Gasteiger partial charge in [-0.1, -0.05) is 18.2 Å². The zero-order valence-electron chi connectivity index (χ0n) is 16.4. The summed E-state index contributed by atoms with van der Waals surface area (Å²) < 4.78 is 17.5. The first-order valence-corrected chi connectivity index (χ1v) is 10.4. The summed E-state index contributed by atoms with van der Waals surface area (Å²) in [4.78, 5) is 14.5. The van der Waals surface area contributed by atoms with Gasteiger partial charge in [0.25, 0.3) is 5.91 Å². The molecule has 0 saturated carbocycles. The van der Waals surface area contributed by atoms with Gasteiger partial charge in [0, 0.05) is 25.0 Å². The molecule has 1 amide bonds. The van der Waals surface area contributed by atoms with E-state index in [1.165, 1.54) is 6.26 Å². The van der Waals surface area contributed by atoms with Crippen LogP contribution in [0.4, 0.5) is 0 Å². The summed E-state index contributed by atoms with van der Waals surface area (Å²) in [6, 6.07) is 13.7. The summed E-state index contributed by atoms with van der Waals surface area (Å²) >= 11 is 0. The molecule has 0 aliphatic carbocycles. The van der Waals surface area contributed by atoms with E-state index in [0.717, 1.165) is 62.0 Å². The van der Waals surface area contributed by atoms with Gasteiger partial charge in [-0.3, -0.25) is 9.69 Å². The average molecular weight is 394 g/mol. The predicted octanol–water partition coefficient (Wildman–Crippen LogP) is 3.97. The number of carbonyl (C=O) groups excluding carboxylic acids is 1. The van der Waals surface area contributed by atoms with Crippen LogP contribution >= 0.6 is 0 Å². The Morgan fingerprint density at radius 1 is 1.14 bits per heavy atom. The number of hydrogen-bond donors (Lipinski definition) is 1. The van der Waals surface area contributed by atoms with Gasteiger partial charge in [0.05, 0.1) is 24.5 Å². The monoisotopic (exact) mass is 394 g/mol. The number of hydrogen-bond acceptors (Lipinski definition) is 5. The smallest absolute Gasteiger partial charge is 0.287 e. The molecular weight excluding hydrogens is 368 g/mol. The first kappa shape index (κ1) is 18.5. The highest BCUT2D eigenvalue weighted by Gasteiger charge is 2.42. The SMILES string of the molecule is O=C(NCC1CCC2(CCN(Cc3cc4ccccc4o3)CC2)O1)c1ccco1. The van der Waals surface area contributed by atoms with Crippen molar-refractivity contribution in [3.8, 4) is 0 Å². The quantitative estimate of drug-likeness (QED) is 0.709. The Kier molecular flexibility index (Phi) is 4.89. The topological polar surface area (TPSA) is 67.9 Å². The summed E-state index contributed by atoms with van der Waals surface area (Å²) in [6.07, 6.45) is 5.69. The number of amides is 1. The van der Waals surface area contributed by atoms with Crippen molar-refractivity contribution >= 4 is 16.9 Å². The molecule has 1 atom stereocenters. The van der Waals surface area contributed by atoms with Gasteiger partial charge in [-0.2, -0.15) is 0 Å². The number of ether oxygens (including phenoxy) is 1. The zero-order valence-corrected chi connectivity index (χ0v) is 16.4. The van der Waals surface area contributed by atoms with E-state index in [1.807, 2.05) is 18.2 Å². The molecule has 1 spiro atoms. The first-order valence-electron chi connectivity index (χ1n) is 10.4. The zero-order chi connectivity index (χ0) is 19.7. The number of likely N-dealkylation sites (tertiary alicyclic amines) is 1. The second-order valence-corrected chi connectivity index (χ2v) is 8.18. The predicted molar refractivity (Wildman–Crippen MR) is 109 cm³/mol. The molecule has 1 N–H and O–H groups in total. The fraction of sp³-hybridized carbons (Fsp3) is 0.435. The molecule has 29 heavy (non-hydrogen) atoms. The Hall–Kier alpha value is -2.57. The minimum atomic E-state index is -0.180. The van der Waals surface area contributed by atoms with Crippen molar-refractivity contribution in [2.24, 2.45) is 0 Å². The molecular formula is C23H26N2O4. The van der Waals surface area contributed by atoms with Crippen molar-refractivity contribution in [3.05, 3.63) is 60.2 Å². The van der Waals surface area contributed by atoms with Crippen LogP contribution in [0.3, 0.4) is 0 Å². The number of benzene rings is 1. The fourth-order valence-electron chi connectivity index (χ4n) is 4.56. The number of para-hydroxylation sites is 1. The molecule has 2 saturated heterocycles. The third-order valence-corrected chi connectivity index (χ3v) is 6.20. The van der Waals surface area contributed by atoms with Gasteiger partial charge in [0.1, 0.15) is 11.3 Å². The van der Waals surface area contributed by atoms with E-state index in [4.69, 9.17) is 13.6 Å². The van der Waals surface area contributed by atoms with Gasteiger partial charge in [-0.25, -0.2) is 0 Å². The molecule has 1 aromatic carbocycles. The molecule has 2 aliphatic heterocycles. The Bertz CT molecular complexity index is 937. The van der Waals surface area contributed by atoms with E-state index in [1.54, 1.807) is 12.1 Å². The van der Waals surface area contributed by atoms with Gasteiger partial charge >= 0.3 is 0 Å². The molecule has 5 rings (SSSR count). The normalized spacial score (nSPS) is 21.7. The number of carbonyl (C=O) groups is 1. The summed E-state index contributed by atoms with van der Waals surface area (Å²) in [5.41, 5.74) is 0.916. The standard InChI is InChI=1S/C23H26N2O4/c26-22(21-6-3-13-27-21)24-15-18-7-8-23(29-18)9-11-25(12-10-23)16-19-14-17-4-1-2-5-20(17)28-19/h1-6,13-14,18H,7-12,15-16H2,(H,24,26). The summed E-state index contributed by atoms with van der Waals surface area (Å²) in [7, 11) is 0. The molecule has 0 radical (unpaired) electrons. The van der Waals surface area contributed by atoms with Crippen LogP contribution in [-0.2, 0) is 11.3 Å². The highest BCUT2D eigenvalue weighted by atomic mass is 16.5. The minimum absolute atomic E-state index is 0.0372. The highest BCUT2D eigenvalue weighted by molar-refractivity contribution is 5.91.